The number of hydrogen-bond acceptors (Lipinski definition) is 6. The van der Waals surface area contributed by atoms with Crippen LogP contribution in [0.15, 0.2) is 24.3 Å². The van der Waals surface area contributed by atoms with Gasteiger partial charge in [0.1, 0.15) is 0 Å². The number of rotatable bonds is 1. The summed E-state index contributed by atoms with van der Waals surface area (Å²) < 4.78 is 3.82. The third kappa shape index (κ3) is 3.81. The number of carbonyl (C=O) groups is 2. The Morgan fingerprint density at radius 2 is 1.06 bits per heavy atom. The van der Waals surface area contributed by atoms with Crippen molar-refractivity contribution in [2.24, 2.45) is 0 Å². The predicted octanol–water partition coefficient (Wildman–Crippen LogP) is 8.10. The van der Waals surface area contributed by atoms with Gasteiger partial charge in [0.2, 0.25) is 0 Å². The molecule has 2 nitrogen and oxygen atoms in total. The lowest BCUT2D eigenvalue weighted by molar-refractivity contribution is 0.103. The van der Waals surface area contributed by atoms with Crippen molar-refractivity contribution in [3.8, 4) is 19.5 Å². The third-order valence-corrected chi connectivity index (χ3v) is 15.0. The maximum atomic E-state index is 12.3. The number of halogens is 2. The Labute approximate surface area is 225 Å². The molecule has 0 spiro atoms. The summed E-state index contributed by atoms with van der Waals surface area (Å²) >= 11 is 11.5. The van der Waals surface area contributed by atoms with E-state index in [-0.39, 0.29) is 11.6 Å². The summed E-state index contributed by atoms with van der Waals surface area (Å²) in [5.41, 5.74) is 3.68. The third-order valence-electron chi connectivity index (χ3n) is 5.12. The molecule has 4 aromatic heterocycles. The highest BCUT2D eigenvalue weighted by molar-refractivity contribution is 14.1. The quantitative estimate of drug-likeness (QED) is 0.127. The van der Waals surface area contributed by atoms with E-state index in [9.17, 15) is 9.59 Å². The second-order valence-electron chi connectivity index (χ2n) is 8.45. The molecule has 0 amide bonds. The Morgan fingerprint density at radius 3 is 1.58 bits per heavy atom. The highest BCUT2D eigenvalue weighted by Gasteiger charge is 2.34. The zero-order chi connectivity index (χ0) is 22.2. The van der Waals surface area contributed by atoms with Gasteiger partial charge in [-0.1, -0.05) is 19.6 Å². The van der Waals surface area contributed by atoms with E-state index in [1.54, 1.807) is 34.0 Å². The van der Waals surface area contributed by atoms with E-state index in [0.717, 1.165) is 22.3 Å². The average Bonchev–Trinajstić information content (AvgIpc) is 3.46. The van der Waals surface area contributed by atoms with Gasteiger partial charge in [-0.15, -0.1) is 45.3 Å². The largest absolute Gasteiger partial charge is 0.289 e. The van der Waals surface area contributed by atoms with Crippen LogP contribution in [0.4, 0.5) is 0 Å². The van der Waals surface area contributed by atoms with E-state index in [0.29, 0.717) is 0 Å². The molecule has 0 atom stereocenters. The van der Waals surface area contributed by atoms with Crippen molar-refractivity contribution in [1.82, 2.24) is 0 Å². The molecule has 0 unspecified atom stereocenters. The maximum absolute atomic E-state index is 12.3. The van der Waals surface area contributed by atoms with Crippen LogP contribution in [0.2, 0.25) is 19.6 Å². The first-order valence-electron chi connectivity index (χ1n) is 9.48. The van der Waals surface area contributed by atoms with Crippen molar-refractivity contribution in [3.05, 3.63) is 57.2 Å². The molecule has 158 valence electrons. The predicted molar refractivity (Wildman–Crippen MR) is 155 cm³/mol. The van der Waals surface area contributed by atoms with E-state index in [1.807, 2.05) is 29.5 Å². The van der Waals surface area contributed by atoms with Crippen LogP contribution in [-0.4, -0.2) is 19.6 Å². The number of thiophene rings is 4. The summed E-state index contributed by atoms with van der Waals surface area (Å²) in [6, 6.07) is 8.16. The molecular weight excluding hydrogens is 706 g/mol. The molecular formula is C22H16I2O2S4Si. The fourth-order valence-corrected chi connectivity index (χ4v) is 11.7. The summed E-state index contributed by atoms with van der Waals surface area (Å²) in [5.74, 6) is 0.438. The van der Waals surface area contributed by atoms with Gasteiger partial charge in [-0.2, -0.15) is 0 Å². The fourth-order valence-electron chi connectivity index (χ4n) is 3.64. The molecule has 2 aliphatic rings. The second kappa shape index (κ2) is 7.95. The Bertz CT molecular complexity index is 1350. The van der Waals surface area contributed by atoms with Crippen LogP contribution in [0.1, 0.15) is 36.7 Å². The molecule has 0 aliphatic heterocycles. The molecule has 0 N–H and O–H groups in total. The van der Waals surface area contributed by atoms with Crippen molar-refractivity contribution < 1.29 is 9.59 Å². The van der Waals surface area contributed by atoms with Gasteiger partial charge >= 0.3 is 0 Å². The minimum atomic E-state index is -1.30. The Hall–Kier alpha value is -0.183. The number of hydrogen-bond donors (Lipinski definition) is 0. The van der Waals surface area contributed by atoms with Crippen LogP contribution in [0.25, 0.3) is 19.5 Å². The van der Waals surface area contributed by atoms with Gasteiger partial charge in [-0.05, 0) is 80.9 Å². The molecule has 0 saturated carbocycles. The van der Waals surface area contributed by atoms with Crippen LogP contribution in [0, 0.1) is 12.7 Å². The van der Waals surface area contributed by atoms with Crippen molar-refractivity contribution in [2.45, 2.75) is 26.6 Å². The first-order valence-corrected chi connectivity index (χ1v) is 18.4. The van der Waals surface area contributed by atoms with E-state index in [2.05, 4.69) is 77.8 Å². The first-order chi connectivity index (χ1) is 14.5. The molecule has 9 heteroatoms. The molecule has 0 bridgehead atoms. The lowest BCUT2D eigenvalue weighted by Crippen LogP contribution is -2.35. The van der Waals surface area contributed by atoms with Gasteiger partial charge in [0, 0.05) is 27.1 Å². The second-order valence-corrected chi connectivity index (χ2v) is 22.1. The summed E-state index contributed by atoms with van der Waals surface area (Å²) in [6.07, 6.45) is 0. The van der Waals surface area contributed by atoms with Crippen molar-refractivity contribution >= 4 is 115 Å². The minimum absolute atomic E-state index is 0.202. The lowest BCUT2D eigenvalue weighted by Gasteiger charge is -2.12. The molecule has 0 radical (unpaired) electrons. The highest BCUT2D eigenvalue weighted by atomic mass is 127. The van der Waals surface area contributed by atoms with Gasteiger partial charge < -0.3 is 0 Å². The Kier molecular flexibility index (Phi) is 5.79. The van der Waals surface area contributed by atoms with Gasteiger partial charge in [0.15, 0.2) is 11.6 Å². The van der Waals surface area contributed by atoms with Crippen molar-refractivity contribution in [3.63, 3.8) is 0 Å². The molecule has 0 fully saturated rings. The van der Waals surface area contributed by atoms with Crippen LogP contribution in [0.3, 0.4) is 0 Å². The summed E-state index contributed by atoms with van der Waals surface area (Å²) in [4.78, 5) is 30.2. The van der Waals surface area contributed by atoms with E-state index in [1.165, 1.54) is 34.7 Å². The fraction of sp³-hybridized carbons (Fsp3) is 0.182. The summed E-state index contributed by atoms with van der Waals surface area (Å²) in [5, 5.41) is 0. The molecule has 0 saturated heterocycles. The Morgan fingerprint density at radius 1 is 0.645 bits per heavy atom. The number of ketones is 2. The van der Waals surface area contributed by atoms with Crippen LogP contribution < -0.4 is 4.50 Å². The molecule has 4 aromatic rings. The van der Waals surface area contributed by atoms with Crippen molar-refractivity contribution in [2.75, 3.05) is 0 Å². The van der Waals surface area contributed by atoms with Gasteiger partial charge in [-0.3, -0.25) is 9.59 Å². The topological polar surface area (TPSA) is 34.1 Å². The summed E-state index contributed by atoms with van der Waals surface area (Å²) in [7, 11) is -1.30. The van der Waals surface area contributed by atoms with Crippen LogP contribution in [-0.2, 0) is 0 Å². The smallest absolute Gasteiger partial charge is 0.196 e. The van der Waals surface area contributed by atoms with Gasteiger partial charge in [-0.25, -0.2) is 0 Å². The number of carbonyl (C=O) groups excluding carboxylic acids is 2. The molecule has 31 heavy (non-hydrogen) atoms. The van der Waals surface area contributed by atoms with Crippen LogP contribution in [0.5, 0.6) is 0 Å². The zero-order valence-electron chi connectivity index (χ0n) is 17.0. The SMILES string of the molecule is Cc1cc2c(s1)-c1sc([Si](C)(C)C)cc1C2=O.O=C1c2cc(I)sc2-c2sc(I)cc21. The van der Waals surface area contributed by atoms with Crippen molar-refractivity contribution in [1.29, 1.82) is 0 Å². The molecule has 0 aromatic carbocycles. The number of fused-ring (bicyclic) bond motifs is 6. The molecule has 6 rings (SSSR count). The van der Waals surface area contributed by atoms with Gasteiger partial charge in [0.25, 0.3) is 0 Å². The zero-order valence-corrected chi connectivity index (χ0v) is 25.6. The summed E-state index contributed by atoms with van der Waals surface area (Å²) in [6.45, 7) is 9.07. The molecule has 4 heterocycles. The normalized spacial score (nSPS) is 13.6. The standard InChI is InChI=1S/C13H14OS2Si.C9H2I2OS2/c1-7-5-8-11(14)9-6-10(17(2,3)4)16-13(9)12(8)15-7;10-5-1-3-7(12)4-2-6(11)14-9(4)8(3)13-5/h5-6H,1-4H3;1-2H. The number of aryl methyl sites for hydroxylation is 1. The van der Waals surface area contributed by atoms with Gasteiger partial charge in [0.05, 0.1) is 33.4 Å². The minimum Gasteiger partial charge on any atom is -0.289 e. The first kappa shape index (κ1) is 22.6. The van der Waals surface area contributed by atoms with E-state index in [4.69, 9.17) is 0 Å². The monoisotopic (exact) mass is 722 g/mol. The maximum Gasteiger partial charge on any atom is 0.196 e. The average molecular weight is 723 g/mol. The van der Waals surface area contributed by atoms with E-state index >= 15 is 0 Å². The lowest BCUT2D eigenvalue weighted by atomic mass is 10.2. The van der Waals surface area contributed by atoms with E-state index < -0.39 is 8.07 Å². The Balaban J connectivity index is 0.000000134. The van der Waals surface area contributed by atoms with Crippen LogP contribution >= 0.6 is 90.5 Å². The molecule has 2 aliphatic carbocycles. The highest BCUT2D eigenvalue weighted by Crippen LogP contribution is 2.47.